The average molecular weight is 338 g/mol. The van der Waals surface area contributed by atoms with Gasteiger partial charge in [-0.3, -0.25) is 0 Å². The van der Waals surface area contributed by atoms with Crippen molar-refractivity contribution in [3.63, 3.8) is 0 Å². The van der Waals surface area contributed by atoms with Crippen LogP contribution in [-0.4, -0.2) is 0 Å². The molecule has 0 aliphatic heterocycles. The topological polar surface area (TPSA) is 0 Å². The highest BCUT2D eigenvalue weighted by atomic mass is 14.3. The van der Waals surface area contributed by atoms with Crippen LogP contribution in [0.2, 0.25) is 0 Å². The molecule has 0 fully saturated rings. The Morgan fingerprint density at radius 1 is 0.808 bits per heavy atom. The van der Waals surface area contributed by atoms with Crippen molar-refractivity contribution in [2.75, 3.05) is 0 Å². The van der Waals surface area contributed by atoms with Crippen molar-refractivity contribution in [2.24, 2.45) is 5.92 Å². The van der Waals surface area contributed by atoms with Crippen LogP contribution in [0, 0.1) is 12.8 Å². The summed E-state index contributed by atoms with van der Waals surface area (Å²) in [6, 6.07) is 20.9. The maximum absolute atomic E-state index is 2.43. The fraction of sp³-hybridized carbons (Fsp3) is 0.308. The number of aryl methyl sites for hydroxylation is 2. The number of hydrogen-bond donors (Lipinski definition) is 0. The monoisotopic (exact) mass is 338 g/mol. The second-order valence-electron chi connectivity index (χ2n) is 8.16. The van der Waals surface area contributed by atoms with Crippen molar-refractivity contribution in [3.8, 4) is 0 Å². The third-order valence-electron chi connectivity index (χ3n) is 6.86. The van der Waals surface area contributed by atoms with Crippen LogP contribution in [0.15, 0.2) is 54.6 Å². The molecule has 0 spiro atoms. The van der Waals surface area contributed by atoms with Gasteiger partial charge in [0.2, 0.25) is 0 Å². The van der Waals surface area contributed by atoms with Crippen LogP contribution >= 0.6 is 0 Å². The third kappa shape index (κ3) is 2.14. The summed E-state index contributed by atoms with van der Waals surface area (Å²) >= 11 is 0. The second kappa shape index (κ2) is 5.84. The van der Waals surface area contributed by atoms with E-state index in [1.165, 1.54) is 57.1 Å². The number of fused-ring (bicyclic) bond motifs is 7. The van der Waals surface area contributed by atoms with Crippen molar-refractivity contribution in [2.45, 2.75) is 46.0 Å². The van der Waals surface area contributed by atoms with Crippen molar-refractivity contribution in [1.82, 2.24) is 0 Å². The molecule has 130 valence electrons. The van der Waals surface area contributed by atoms with E-state index < -0.39 is 0 Å². The standard InChI is InChI=1S/C26H26/c1-4-16(2)18-8-10-23-21(18)12-13-26-24-11-9-19-17(3)6-5-7-20(19)22(24)14-15-25(23)26/h5-7,9,11-16,18H,4,8,10H2,1-3H3/t16-,18+/m1/s1. The lowest BCUT2D eigenvalue weighted by molar-refractivity contribution is 0.443. The first-order valence-corrected chi connectivity index (χ1v) is 10.1. The predicted octanol–water partition coefficient (Wildman–Crippen LogP) is 7.53. The molecule has 0 N–H and O–H groups in total. The maximum atomic E-state index is 2.43. The van der Waals surface area contributed by atoms with Gasteiger partial charge in [-0.1, -0.05) is 74.9 Å². The molecule has 0 amide bonds. The van der Waals surface area contributed by atoms with Crippen molar-refractivity contribution in [3.05, 3.63) is 71.3 Å². The largest absolute Gasteiger partial charge is 0.0651 e. The van der Waals surface area contributed by atoms with Crippen LogP contribution in [0.25, 0.3) is 32.3 Å². The van der Waals surface area contributed by atoms with Crippen molar-refractivity contribution < 1.29 is 0 Å². The molecule has 1 aliphatic carbocycles. The average Bonchev–Trinajstić information content (AvgIpc) is 3.11. The summed E-state index contributed by atoms with van der Waals surface area (Å²) < 4.78 is 0. The molecule has 1 aliphatic rings. The Hall–Kier alpha value is -2.34. The van der Waals surface area contributed by atoms with Gasteiger partial charge in [-0.2, -0.15) is 0 Å². The first-order valence-electron chi connectivity index (χ1n) is 10.1. The molecule has 0 unspecified atom stereocenters. The smallest absolute Gasteiger partial charge is 0.00989 e. The summed E-state index contributed by atoms with van der Waals surface area (Å²) in [4.78, 5) is 0. The Balaban J connectivity index is 1.80. The first-order chi connectivity index (χ1) is 12.7. The molecular formula is C26H26. The van der Waals surface area contributed by atoms with Gasteiger partial charge in [0.05, 0.1) is 0 Å². The van der Waals surface area contributed by atoms with E-state index in [9.17, 15) is 0 Å². The van der Waals surface area contributed by atoms with E-state index >= 15 is 0 Å². The lowest BCUT2D eigenvalue weighted by atomic mass is 9.86. The minimum Gasteiger partial charge on any atom is -0.0651 e. The molecular weight excluding hydrogens is 312 g/mol. The van der Waals surface area contributed by atoms with E-state index in [-0.39, 0.29) is 0 Å². The minimum absolute atomic E-state index is 0.745. The van der Waals surface area contributed by atoms with Gasteiger partial charge in [0.1, 0.15) is 0 Å². The van der Waals surface area contributed by atoms with Crippen LogP contribution in [0.3, 0.4) is 0 Å². The summed E-state index contributed by atoms with van der Waals surface area (Å²) in [6.45, 7) is 6.94. The van der Waals surface area contributed by atoms with Gasteiger partial charge in [0, 0.05) is 0 Å². The Kier molecular flexibility index (Phi) is 3.57. The Morgan fingerprint density at radius 3 is 2.19 bits per heavy atom. The van der Waals surface area contributed by atoms with Gasteiger partial charge in [0.25, 0.3) is 0 Å². The van der Waals surface area contributed by atoms with Crippen molar-refractivity contribution in [1.29, 1.82) is 0 Å². The minimum atomic E-state index is 0.745. The quantitative estimate of drug-likeness (QED) is 0.331. The fourth-order valence-electron chi connectivity index (χ4n) is 5.18. The van der Waals surface area contributed by atoms with Crippen molar-refractivity contribution >= 4 is 32.3 Å². The molecule has 26 heavy (non-hydrogen) atoms. The van der Waals surface area contributed by atoms with E-state index in [2.05, 4.69) is 75.4 Å². The molecule has 0 radical (unpaired) electrons. The van der Waals surface area contributed by atoms with E-state index in [0.717, 1.165) is 11.8 Å². The highest BCUT2D eigenvalue weighted by molar-refractivity contribution is 6.18. The molecule has 0 heterocycles. The predicted molar refractivity (Wildman–Crippen MR) is 114 cm³/mol. The van der Waals surface area contributed by atoms with Gasteiger partial charge in [0.15, 0.2) is 0 Å². The normalized spacial score (nSPS) is 17.9. The molecule has 0 bridgehead atoms. The Morgan fingerprint density at radius 2 is 1.42 bits per heavy atom. The zero-order chi connectivity index (χ0) is 17.8. The second-order valence-corrected chi connectivity index (χ2v) is 8.16. The van der Waals surface area contributed by atoms with Crippen LogP contribution < -0.4 is 0 Å². The highest BCUT2D eigenvalue weighted by Crippen LogP contribution is 2.44. The van der Waals surface area contributed by atoms with Gasteiger partial charge < -0.3 is 0 Å². The molecule has 4 aromatic rings. The van der Waals surface area contributed by atoms with E-state index in [1.54, 1.807) is 11.1 Å². The lowest BCUT2D eigenvalue weighted by Gasteiger charge is -2.19. The summed E-state index contributed by atoms with van der Waals surface area (Å²) in [5.74, 6) is 1.52. The number of hydrogen-bond acceptors (Lipinski definition) is 0. The summed E-state index contributed by atoms with van der Waals surface area (Å²) in [5.41, 5.74) is 4.58. The number of benzene rings is 4. The van der Waals surface area contributed by atoms with Gasteiger partial charge in [-0.15, -0.1) is 0 Å². The number of rotatable bonds is 2. The van der Waals surface area contributed by atoms with Gasteiger partial charge >= 0.3 is 0 Å². The van der Waals surface area contributed by atoms with E-state index in [4.69, 9.17) is 0 Å². The molecule has 0 saturated carbocycles. The Labute approximate surface area is 155 Å². The SMILES string of the molecule is CC[C@@H](C)[C@@H]1CCc2c1ccc1c2ccc2c3cccc(C)c3ccc12. The molecule has 0 aromatic heterocycles. The van der Waals surface area contributed by atoms with Crippen LogP contribution in [0.1, 0.15) is 49.3 Å². The zero-order valence-corrected chi connectivity index (χ0v) is 16.0. The van der Waals surface area contributed by atoms with Gasteiger partial charge in [-0.25, -0.2) is 0 Å². The summed E-state index contributed by atoms with van der Waals surface area (Å²) in [7, 11) is 0. The van der Waals surface area contributed by atoms with Gasteiger partial charge in [-0.05, 0) is 80.6 Å². The molecule has 0 nitrogen and oxygen atoms in total. The first kappa shape index (κ1) is 15.9. The zero-order valence-electron chi connectivity index (χ0n) is 16.0. The molecule has 0 saturated heterocycles. The molecule has 4 aromatic carbocycles. The third-order valence-corrected chi connectivity index (χ3v) is 6.86. The fourth-order valence-corrected chi connectivity index (χ4v) is 5.18. The van der Waals surface area contributed by atoms with Crippen LogP contribution in [0.4, 0.5) is 0 Å². The highest BCUT2D eigenvalue weighted by Gasteiger charge is 2.27. The van der Waals surface area contributed by atoms with E-state index in [0.29, 0.717) is 0 Å². The lowest BCUT2D eigenvalue weighted by Crippen LogP contribution is -2.05. The van der Waals surface area contributed by atoms with Crippen LogP contribution in [0.5, 0.6) is 0 Å². The molecule has 5 rings (SSSR count). The summed E-state index contributed by atoms with van der Waals surface area (Å²) in [5, 5.41) is 8.44. The molecule has 2 atom stereocenters. The van der Waals surface area contributed by atoms with Crippen LogP contribution in [-0.2, 0) is 6.42 Å². The Bertz CT molecular complexity index is 1150. The molecule has 0 heteroatoms. The van der Waals surface area contributed by atoms with E-state index in [1.807, 2.05) is 0 Å². The summed E-state index contributed by atoms with van der Waals surface area (Å²) in [6.07, 6.45) is 3.82. The maximum Gasteiger partial charge on any atom is -0.00989 e.